The number of nitrogens with two attached hydrogens (primary N) is 1. The minimum atomic E-state index is 0.734. The lowest BCUT2D eigenvalue weighted by Gasteiger charge is -2.23. The Kier molecular flexibility index (Phi) is 3.63. The third kappa shape index (κ3) is 2.10. The van der Waals surface area contributed by atoms with Gasteiger partial charge in [-0.05, 0) is 26.0 Å². The largest absolute Gasteiger partial charge is 0.495 e. The van der Waals surface area contributed by atoms with Crippen LogP contribution >= 0.6 is 0 Å². The maximum atomic E-state index is 5.69. The molecule has 3 heteroatoms. The molecule has 0 radical (unpaired) electrons. The lowest BCUT2D eigenvalue weighted by Crippen LogP contribution is -2.22. The van der Waals surface area contributed by atoms with E-state index in [1.807, 2.05) is 18.2 Å². The normalized spacial score (nSPS) is 9.93. The van der Waals surface area contributed by atoms with E-state index in [-0.39, 0.29) is 0 Å². The van der Waals surface area contributed by atoms with Crippen LogP contribution in [0.2, 0.25) is 0 Å². The second kappa shape index (κ2) is 4.74. The Bertz CT molecular complexity index is 295. The van der Waals surface area contributed by atoms with E-state index in [1.165, 1.54) is 0 Å². The second-order valence-electron chi connectivity index (χ2n) is 3.10. The van der Waals surface area contributed by atoms with E-state index in [2.05, 4.69) is 18.7 Å². The fourth-order valence-corrected chi connectivity index (χ4v) is 1.52. The van der Waals surface area contributed by atoms with Crippen LogP contribution in [0.5, 0.6) is 5.75 Å². The number of hydrogen-bond acceptors (Lipinski definition) is 3. The number of benzene rings is 1. The zero-order valence-electron chi connectivity index (χ0n) is 9.08. The molecule has 0 heterocycles. The summed E-state index contributed by atoms with van der Waals surface area (Å²) in [4.78, 5) is 2.23. The SMILES string of the molecule is CCN(CC)c1ccc(N)cc1OC. The summed E-state index contributed by atoms with van der Waals surface area (Å²) in [5.74, 6) is 0.841. The van der Waals surface area contributed by atoms with Gasteiger partial charge in [-0.3, -0.25) is 0 Å². The molecule has 0 aliphatic heterocycles. The molecule has 1 rings (SSSR count). The Balaban J connectivity index is 3.06. The van der Waals surface area contributed by atoms with Crippen LogP contribution in [0, 0.1) is 0 Å². The molecule has 0 fully saturated rings. The van der Waals surface area contributed by atoms with Gasteiger partial charge in [0.25, 0.3) is 0 Å². The highest BCUT2D eigenvalue weighted by Crippen LogP contribution is 2.29. The van der Waals surface area contributed by atoms with E-state index in [0.29, 0.717) is 0 Å². The van der Waals surface area contributed by atoms with Crippen LogP contribution in [0.3, 0.4) is 0 Å². The maximum Gasteiger partial charge on any atom is 0.144 e. The lowest BCUT2D eigenvalue weighted by atomic mass is 10.2. The van der Waals surface area contributed by atoms with Crippen molar-refractivity contribution in [1.82, 2.24) is 0 Å². The molecule has 0 saturated heterocycles. The summed E-state index contributed by atoms with van der Waals surface area (Å²) >= 11 is 0. The standard InChI is InChI=1S/C11H18N2O/c1-4-13(5-2)10-7-6-9(12)8-11(10)14-3/h6-8H,4-5,12H2,1-3H3. The van der Waals surface area contributed by atoms with Crippen molar-refractivity contribution in [3.63, 3.8) is 0 Å². The molecule has 0 unspecified atom stereocenters. The van der Waals surface area contributed by atoms with Crippen LogP contribution in [0.25, 0.3) is 0 Å². The predicted molar refractivity (Wildman–Crippen MR) is 61.0 cm³/mol. The van der Waals surface area contributed by atoms with Crippen molar-refractivity contribution < 1.29 is 4.74 Å². The number of nitrogen functional groups attached to an aromatic ring is 1. The second-order valence-corrected chi connectivity index (χ2v) is 3.10. The molecule has 0 amide bonds. The van der Waals surface area contributed by atoms with E-state index < -0.39 is 0 Å². The Morgan fingerprint density at radius 1 is 1.29 bits per heavy atom. The van der Waals surface area contributed by atoms with Crippen LogP contribution in [0.15, 0.2) is 18.2 Å². The van der Waals surface area contributed by atoms with Crippen LogP contribution in [-0.4, -0.2) is 20.2 Å². The van der Waals surface area contributed by atoms with Gasteiger partial charge in [0.2, 0.25) is 0 Å². The molecule has 0 aliphatic rings. The summed E-state index contributed by atoms with van der Waals surface area (Å²) in [7, 11) is 1.67. The van der Waals surface area contributed by atoms with Crippen molar-refractivity contribution in [2.24, 2.45) is 0 Å². The molecule has 0 aromatic heterocycles. The molecule has 0 aliphatic carbocycles. The van der Waals surface area contributed by atoms with Gasteiger partial charge < -0.3 is 15.4 Å². The van der Waals surface area contributed by atoms with Gasteiger partial charge in [-0.25, -0.2) is 0 Å². The van der Waals surface area contributed by atoms with E-state index in [1.54, 1.807) is 7.11 Å². The first kappa shape index (κ1) is 10.7. The molecular formula is C11H18N2O. The Morgan fingerprint density at radius 2 is 1.93 bits per heavy atom. The van der Waals surface area contributed by atoms with Gasteiger partial charge in [0.05, 0.1) is 12.8 Å². The summed E-state index contributed by atoms with van der Waals surface area (Å²) in [5, 5.41) is 0. The van der Waals surface area contributed by atoms with Gasteiger partial charge in [-0.15, -0.1) is 0 Å². The van der Waals surface area contributed by atoms with Gasteiger partial charge in [-0.1, -0.05) is 0 Å². The molecule has 0 saturated carbocycles. The van der Waals surface area contributed by atoms with Crippen molar-refractivity contribution in [3.8, 4) is 5.75 Å². The summed E-state index contributed by atoms with van der Waals surface area (Å²) in [6.45, 7) is 6.19. The van der Waals surface area contributed by atoms with Crippen molar-refractivity contribution >= 4 is 11.4 Å². The first-order chi connectivity index (χ1) is 6.72. The number of anilines is 2. The maximum absolute atomic E-state index is 5.69. The highest BCUT2D eigenvalue weighted by molar-refractivity contribution is 5.63. The number of nitrogens with zero attached hydrogens (tertiary/aromatic N) is 1. The Morgan fingerprint density at radius 3 is 2.43 bits per heavy atom. The molecule has 0 spiro atoms. The summed E-state index contributed by atoms with van der Waals surface area (Å²) in [5.41, 5.74) is 7.53. The molecule has 0 bridgehead atoms. The van der Waals surface area contributed by atoms with Gasteiger partial charge >= 0.3 is 0 Å². The average Bonchev–Trinajstić information content (AvgIpc) is 2.21. The molecule has 2 N–H and O–H groups in total. The molecule has 1 aromatic carbocycles. The van der Waals surface area contributed by atoms with Gasteiger partial charge in [0.1, 0.15) is 5.75 Å². The number of hydrogen-bond donors (Lipinski definition) is 1. The van der Waals surface area contributed by atoms with Crippen LogP contribution in [0.4, 0.5) is 11.4 Å². The first-order valence-corrected chi connectivity index (χ1v) is 4.91. The molecular weight excluding hydrogens is 176 g/mol. The minimum Gasteiger partial charge on any atom is -0.495 e. The Hall–Kier alpha value is -1.38. The molecule has 78 valence electrons. The van der Waals surface area contributed by atoms with Crippen LogP contribution in [0.1, 0.15) is 13.8 Å². The van der Waals surface area contributed by atoms with E-state index in [4.69, 9.17) is 10.5 Å². The fraction of sp³-hybridized carbons (Fsp3) is 0.455. The van der Waals surface area contributed by atoms with E-state index in [9.17, 15) is 0 Å². The third-order valence-electron chi connectivity index (χ3n) is 2.31. The smallest absolute Gasteiger partial charge is 0.144 e. The highest BCUT2D eigenvalue weighted by atomic mass is 16.5. The van der Waals surface area contributed by atoms with Crippen molar-refractivity contribution in [2.45, 2.75) is 13.8 Å². The number of ether oxygens (including phenoxy) is 1. The third-order valence-corrected chi connectivity index (χ3v) is 2.31. The van der Waals surface area contributed by atoms with Crippen molar-refractivity contribution in [2.75, 3.05) is 30.8 Å². The van der Waals surface area contributed by atoms with Gasteiger partial charge in [-0.2, -0.15) is 0 Å². The molecule has 1 aromatic rings. The summed E-state index contributed by atoms with van der Waals surface area (Å²) in [6, 6.07) is 5.75. The van der Waals surface area contributed by atoms with Gasteiger partial charge in [0, 0.05) is 24.8 Å². The van der Waals surface area contributed by atoms with E-state index >= 15 is 0 Å². The monoisotopic (exact) mass is 194 g/mol. The quantitative estimate of drug-likeness (QED) is 0.746. The fourth-order valence-electron chi connectivity index (χ4n) is 1.52. The van der Waals surface area contributed by atoms with Gasteiger partial charge in [0.15, 0.2) is 0 Å². The minimum absolute atomic E-state index is 0.734. The molecule has 14 heavy (non-hydrogen) atoms. The summed E-state index contributed by atoms with van der Waals surface area (Å²) < 4.78 is 5.29. The number of rotatable bonds is 4. The Labute approximate surface area is 85.5 Å². The molecule has 0 atom stereocenters. The van der Waals surface area contributed by atoms with Crippen molar-refractivity contribution in [1.29, 1.82) is 0 Å². The predicted octanol–water partition coefficient (Wildman–Crippen LogP) is 2.12. The summed E-state index contributed by atoms with van der Waals surface area (Å²) in [6.07, 6.45) is 0. The van der Waals surface area contributed by atoms with Crippen LogP contribution < -0.4 is 15.4 Å². The lowest BCUT2D eigenvalue weighted by molar-refractivity contribution is 0.415. The highest BCUT2D eigenvalue weighted by Gasteiger charge is 2.08. The first-order valence-electron chi connectivity index (χ1n) is 4.91. The zero-order chi connectivity index (χ0) is 10.6. The molecule has 3 nitrogen and oxygen atoms in total. The van der Waals surface area contributed by atoms with E-state index in [0.717, 1.165) is 30.2 Å². The average molecular weight is 194 g/mol. The van der Waals surface area contributed by atoms with Crippen molar-refractivity contribution in [3.05, 3.63) is 18.2 Å². The number of methoxy groups -OCH3 is 1. The zero-order valence-corrected chi connectivity index (χ0v) is 9.08. The van der Waals surface area contributed by atoms with Crippen LogP contribution in [-0.2, 0) is 0 Å². The topological polar surface area (TPSA) is 38.5 Å².